The fourth-order valence-corrected chi connectivity index (χ4v) is 5.88. The first-order chi connectivity index (χ1) is 19.8. The summed E-state index contributed by atoms with van der Waals surface area (Å²) < 4.78 is 28.2. The second-order valence-corrected chi connectivity index (χ2v) is 11.8. The van der Waals surface area contributed by atoms with Crippen LogP contribution in [0.2, 0.25) is 0 Å². The number of benzene rings is 1. The smallest absolute Gasteiger partial charge is 0.333 e. The van der Waals surface area contributed by atoms with Crippen LogP contribution in [-0.4, -0.2) is 61.0 Å². The third-order valence-electron chi connectivity index (χ3n) is 6.75. The number of amides is 1. The Bertz CT molecular complexity index is 1710. The summed E-state index contributed by atoms with van der Waals surface area (Å²) in [6, 6.07) is 3.68. The van der Waals surface area contributed by atoms with Crippen LogP contribution < -0.4 is 21.3 Å². The summed E-state index contributed by atoms with van der Waals surface area (Å²) in [5.41, 5.74) is -2.18. The SMILES string of the molecule is COc1ccc(F)cc1C(Cn1c(=O)n(C(C)(C)C(=O)NC(C)C)c(=O)c2c(C)c(-n3nccn3)sc21)OCC(C)O. The number of halogens is 1. The Morgan fingerprint density at radius 3 is 2.45 bits per heavy atom. The van der Waals surface area contributed by atoms with Crippen molar-refractivity contribution in [2.45, 2.75) is 71.9 Å². The molecule has 0 aliphatic rings. The molecule has 1 amide bonds. The number of aromatic nitrogens is 5. The lowest BCUT2D eigenvalue weighted by atomic mass is 10.0. The fraction of sp³-hybridized carbons (Fsp3) is 0.464. The molecule has 42 heavy (non-hydrogen) atoms. The van der Waals surface area contributed by atoms with Crippen LogP contribution in [-0.2, 0) is 21.6 Å². The Kier molecular flexibility index (Phi) is 8.99. The van der Waals surface area contributed by atoms with E-state index in [1.165, 1.54) is 67.8 Å². The van der Waals surface area contributed by atoms with Crippen molar-refractivity contribution in [2.24, 2.45) is 0 Å². The number of aliphatic hydroxyl groups is 1. The van der Waals surface area contributed by atoms with Gasteiger partial charge in [0.2, 0.25) is 5.91 Å². The zero-order chi connectivity index (χ0) is 30.9. The third-order valence-corrected chi connectivity index (χ3v) is 8.03. The lowest BCUT2D eigenvalue weighted by molar-refractivity contribution is -0.129. The van der Waals surface area contributed by atoms with E-state index in [1.807, 2.05) is 0 Å². The molecule has 0 saturated carbocycles. The van der Waals surface area contributed by atoms with Crippen LogP contribution in [0, 0.1) is 12.7 Å². The molecular weight excluding hydrogens is 567 g/mol. The van der Waals surface area contributed by atoms with E-state index in [0.29, 0.717) is 26.7 Å². The number of carbonyl (C=O) groups excluding carboxylic acids is 1. The van der Waals surface area contributed by atoms with Crippen molar-refractivity contribution >= 4 is 27.5 Å². The van der Waals surface area contributed by atoms with Gasteiger partial charge in [-0.1, -0.05) is 11.3 Å². The Balaban J connectivity index is 2.03. The van der Waals surface area contributed by atoms with Gasteiger partial charge in [-0.15, -0.1) is 4.80 Å². The van der Waals surface area contributed by atoms with Crippen LogP contribution in [0.5, 0.6) is 5.75 Å². The van der Waals surface area contributed by atoms with Crippen molar-refractivity contribution in [1.82, 2.24) is 29.4 Å². The molecule has 14 heteroatoms. The van der Waals surface area contributed by atoms with Gasteiger partial charge in [-0.2, -0.15) is 10.2 Å². The number of aliphatic hydroxyl groups excluding tert-OH is 1. The minimum atomic E-state index is -1.58. The maximum atomic E-state index is 14.5. The third kappa shape index (κ3) is 5.87. The summed E-state index contributed by atoms with van der Waals surface area (Å²) in [4.78, 5) is 43.3. The Labute approximate surface area is 245 Å². The van der Waals surface area contributed by atoms with Gasteiger partial charge in [0.15, 0.2) is 0 Å². The van der Waals surface area contributed by atoms with E-state index in [4.69, 9.17) is 9.47 Å². The van der Waals surface area contributed by atoms with Gasteiger partial charge in [-0.3, -0.25) is 14.2 Å². The highest BCUT2D eigenvalue weighted by molar-refractivity contribution is 7.21. The minimum absolute atomic E-state index is 0.129. The molecule has 12 nitrogen and oxygen atoms in total. The lowest BCUT2D eigenvalue weighted by Gasteiger charge is -2.28. The van der Waals surface area contributed by atoms with Crippen LogP contribution in [0.25, 0.3) is 15.2 Å². The Morgan fingerprint density at radius 1 is 1.19 bits per heavy atom. The monoisotopic (exact) mass is 602 g/mol. The van der Waals surface area contributed by atoms with Gasteiger partial charge >= 0.3 is 5.69 Å². The molecule has 0 fully saturated rings. The highest BCUT2D eigenvalue weighted by Gasteiger charge is 2.36. The molecule has 0 bridgehead atoms. The average molecular weight is 603 g/mol. The van der Waals surface area contributed by atoms with Crippen LogP contribution in [0.1, 0.15) is 51.8 Å². The standard InChI is InChI=1S/C28H35FN6O6S/c1-15(2)32-26(38)28(5,6)34-23(37)22-17(4)24(35-30-10-11-31-35)42-25(22)33(27(34)39)13-21(41-14-16(3)36)19-12-18(29)8-9-20(19)40-7/h8-12,15-16,21,36H,13-14H2,1-7H3,(H,32,38). The number of ether oxygens (including phenoxy) is 2. The van der Waals surface area contributed by atoms with Gasteiger partial charge < -0.3 is 19.9 Å². The number of rotatable bonds is 11. The molecule has 4 aromatic rings. The number of carbonyl (C=O) groups is 1. The van der Waals surface area contributed by atoms with Crippen LogP contribution >= 0.6 is 11.3 Å². The molecule has 2 unspecified atom stereocenters. The average Bonchev–Trinajstić information content (AvgIpc) is 3.56. The maximum Gasteiger partial charge on any atom is 0.333 e. The van der Waals surface area contributed by atoms with E-state index >= 15 is 0 Å². The second kappa shape index (κ2) is 12.2. The summed E-state index contributed by atoms with van der Waals surface area (Å²) in [6.07, 6.45) is 1.13. The normalized spacial score (nSPS) is 13.5. The number of thiophene rings is 1. The number of methoxy groups -OCH3 is 1. The zero-order valence-corrected chi connectivity index (χ0v) is 25.4. The maximum absolute atomic E-state index is 14.5. The van der Waals surface area contributed by atoms with E-state index in [1.54, 1.807) is 20.8 Å². The van der Waals surface area contributed by atoms with E-state index < -0.39 is 40.7 Å². The van der Waals surface area contributed by atoms with Gasteiger partial charge in [0.25, 0.3) is 5.56 Å². The summed E-state index contributed by atoms with van der Waals surface area (Å²) in [5.74, 6) is -0.757. The van der Waals surface area contributed by atoms with Gasteiger partial charge in [0, 0.05) is 17.2 Å². The molecule has 0 spiro atoms. The predicted octanol–water partition coefficient (Wildman–Crippen LogP) is 2.66. The molecule has 0 saturated heterocycles. The molecule has 1 aromatic carbocycles. The number of hydrogen-bond acceptors (Lipinski definition) is 9. The molecule has 0 aliphatic carbocycles. The molecule has 2 atom stereocenters. The fourth-order valence-electron chi connectivity index (χ4n) is 4.66. The summed E-state index contributed by atoms with van der Waals surface area (Å²) in [7, 11) is 1.43. The molecule has 3 heterocycles. The van der Waals surface area contributed by atoms with Gasteiger partial charge in [0.1, 0.15) is 33.0 Å². The van der Waals surface area contributed by atoms with Crippen molar-refractivity contribution in [3.05, 3.63) is 68.4 Å². The second-order valence-electron chi connectivity index (χ2n) is 10.8. The van der Waals surface area contributed by atoms with Gasteiger partial charge in [-0.05, 0) is 59.7 Å². The zero-order valence-electron chi connectivity index (χ0n) is 24.5. The first-order valence-corrected chi connectivity index (χ1v) is 14.2. The van der Waals surface area contributed by atoms with Crippen molar-refractivity contribution in [3.63, 3.8) is 0 Å². The molecular formula is C28H35FN6O6S. The summed E-state index contributed by atoms with van der Waals surface area (Å²) >= 11 is 1.13. The number of nitrogens with zero attached hydrogens (tertiary/aromatic N) is 5. The molecule has 3 aromatic heterocycles. The van der Waals surface area contributed by atoms with Crippen LogP contribution in [0.3, 0.4) is 0 Å². The molecule has 2 N–H and O–H groups in total. The highest BCUT2D eigenvalue weighted by atomic mass is 32.1. The number of aryl methyl sites for hydroxylation is 1. The van der Waals surface area contributed by atoms with Crippen molar-refractivity contribution in [1.29, 1.82) is 0 Å². The molecule has 0 aliphatic heterocycles. The lowest BCUT2D eigenvalue weighted by Crippen LogP contribution is -2.56. The first kappa shape index (κ1) is 31.1. The quantitative estimate of drug-likeness (QED) is 0.267. The molecule has 226 valence electrons. The number of nitrogens with one attached hydrogen (secondary N) is 1. The van der Waals surface area contributed by atoms with E-state index in [2.05, 4.69) is 15.5 Å². The number of hydrogen-bond donors (Lipinski definition) is 2. The molecule has 0 radical (unpaired) electrons. The summed E-state index contributed by atoms with van der Waals surface area (Å²) in [6.45, 7) is 9.48. The van der Waals surface area contributed by atoms with Crippen LogP contribution in [0.15, 0.2) is 40.2 Å². The molecule has 4 rings (SSSR count). The highest BCUT2D eigenvalue weighted by Crippen LogP contribution is 2.34. The Hall–Kier alpha value is -3.88. The first-order valence-electron chi connectivity index (χ1n) is 13.4. The number of fused-ring (bicyclic) bond motifs is 1. The summed E-state index contributed by atoms with van der Waals surface area (Å²) in [5, 5.41) is 21.9. The van der Waals surface area contributed by atoms with E-state index in [9.17, 15) is 23.9 Å². The topological polar surface area (TPSA) is 142 Å². The predicted molar refractivity (Wildman–Crippen MR) is 156 cm³/mol. The largest absolute Gasteiger partial charge is 0.496 e. The van der Waals surface area contributed by atoms with Gasteiger partial charge in [0.05, 0.1) is 44.1 Å². The van der Waals surface area contributed by atoms with E-state index in [-0.39, 0.29) is 24.6 Å². The van der Waals surface area contributed by atoms with Crippen molar-refractivity contribution in [2.75, 3.05) is 13.7 Å². The minimum Gasteiger partial charge on any atom is -0.496 e. The Morgan fingerprint density at radius 2 is 1.86 bits per heavy atom. The van der Waals surface area contributed by atoms with E-state index in [0.717, 1.165) is 15.9 Å². The van der Waals surface area contributed by atoms with Crippen molar-refractivity contribution < 1.29 is 23.8 Å². The van der Waals surface area contributed by atoms with Crippen LogP contribution in [0.4, 0.5) is 4.39 Å². The van der Waals surface area contributed by atoms with Gasteiger partial charge in [-0.25, -0.2) is 13.8 Å². The van der Waals surface area contributed by atoms with Crippen molar-refractivity contribution in [3.8, 4) is 10.8 Å².